The smallest absolute Gasteiger partial charge is 0.309 e. The van der Waals surface area contributed by atoms with E-state index in [9.17, 15) is 14.4 Å². The van der Waals surface area contributed by atoms with Gasteiger partial charge in [-0.25, -0.2) is 0 Å². The molecule has 21 heavy (non-hydrogen) atoms. The van der Waals surface area contributed by atoms with Crippen LogP contribution in [0.15, 0.2) is 28.7 Å². The molecule has 6 nitrogen and oxygen atoms in total. The average molecular weight is 355 g/mol. The van der Waals surface area contributed by atoms with Gasteiger partial charge >= 0.3 is 5.97 Å². The number of hydrogen-bond donors (Lipinski definition) is 2. The molecule has 1 aliphatic carbocycles. The van der Waals surface area contributed by atoms with Crippen LogP contribution >= 0.6 is 15.9 Å². The van der Waals surface area contributed by atoms with Crippen molar-refractivity contribution in [2.24, 2.45) is 11.8 Å². The molecule has 2 amide bonds. The molecular formula is C14H15BrN2O4. The fourth-order valence-corrected chi connectivity index (χ4v) is 2.23. The number of hydrogen-bond acceptors (Lipinski definition) is 4. The molecule has 1 aromatic rings. The predicted octanol–water partition coefficient (Wildman–Crippen LogP) is 1.41. The molecule has 0 heterocycles. The normalized spacial score (nSPS) is 19.5. The van der Waals surface area contributed by atoms with E-state index in [-0.39, 0.29) is 11.9 Å². The Bertz CT molecular complexity index is 576. The van der Waals surface area contributed by atoms with E-state index in [0.29, 0.717) is 16.0 Å². The van der Waals surface area contributed by atoms with Crippen LogP contribution in [0.3, 0.4) is 0 Å². The topological polar surface area (TPSA) is 84.5 Å². The van der Waals surface area contributed by atoms with Crippen LogP contribution in [0, 0.1) is 11.8 Å². The molecule has 0 aliphatic heterocycles. The van der Waals surface area contributed by atoms with Gasteiger partial charge in [-0.2, -0.15) is 0 Å². The number of benzene rings is 1. The van der Waals surface area contributed by atoms with Crippen LogP contribution in [0.25, 0.3) is 0 Å². The summed E-state index contributed by atoms with van der Waals surface area (Å²) < 4.78 is 5.46. The van der Waals surface area contributed by atoms with Crippen LogP contribution in [0.1, 0.15) is 23.7 Å². The van der Waals surface area contributed by atoms with E-state index in [4.69, 9.17) is 4.74 Å². The minimum Gasteiger partial charge on any atom is -0.455 e. The van der Waals surface area contributed by atoms with Crippen LogP contribution in [-0.2, 0) is 14.3 Å². The Morgan fingerprint density at radius 3 is 2.57 bits per heavy atom. The average Bonchev–Trinajstić information content (AvgIpc) is 3.19. The highest BCUT2D eigenvalue weighted by Gasteiger charge is 2.40. The standard InChI is InChI=1S/C14H15BrN2O4/c1-8-6-10(8)14(20)21-7-12(18)16-17-13(19)9-4-2-3-5-11(9)15/h2-5,8,10H,6-7H2,1H3,(H,16,18)(H,17,19)/t8-,10+/m1/s1. The molecule has 1 aromatic carbocycles. The molecule has 2 N–H and O–H groups in total. The largest absolute Gasteiger partial charge is 0.455 e. The van der Waals surface area contributed by atoms with Crippen LogP contribution in [0.2, 0.25) is 0 Å². The van der Waals surface area contributed by atoms with E-state index >= 15 is 0 Å². The van der Waals surface area contributed by atoms with E-state index in [1.54, 1.807) is 24.3 Å². The summed E-state index contributed by atoms with van der Waals surface area (Å²) in [7, 11) is 0. The molecular weight excluding hydrogens is 340 g/mol. The number of ether oxygens (including phenoxy) is 1. The number of esters is 1. The Morgan fingerprint density at radius 1 is 1.29 bits per heavy atom. The van der Waals surface area contributed by atoms with Gasteiger partial charge in [0.2, 0.25) is 0 Å². The third kappa shape index (κ3) is 4.29. The van der Waals surface area contributed by atoms with Gasteiger partial charge in [0.25, 0.3) is 11.8 Å². The van der Waals surface area contributed by atoms with Crippen molar-refractivity contribution in [1.82, 2.24) is 10.9 Å². The van der Waals surface area contributed by atoms with E-state index in [1.165, 1.54) is 0 Å². The number of amides is 2. The van der Waals surface area contributed by atoms with Gasteiger partial charge in [0.1, 0.15) is 0 Å². The summed E-state index contributed by atoms with van der Waals surface area (Å²) in [6.45, 7) is 1.54. The van der Waals surface area contributed by atoms with Gasteiger partial charge in [-0.05, 0) is 40.4 Å². The first-order chi connectivity index (χ1) is 9.99. The Kier molecular flexibility index (Phi) is 4.95. The summed E-state index contributed by atoms with van der Waals surface area (Å²) in [6.07, 6.45) is 0.805. The predicted molar refractivity (Wildman–Crippen MR) is 78.0 cm³/mol. The van der Waals surface area contributed by atoms with Crippen molar-refractivity contribution in [3.8, 4) is 0 Å². The zero-order valence-electron chi connectivity index (χ0n) is 11.4. The number of rotatable bonds is 4. The zero-order valence-corrected chi connectivity index (χ0v) is 13.0. The SMILES string of the molecule is C[C@@H]1C[C@@H]1C(=O)OCC(=O)NNC(=O)c1ccccc1Br. The van der Waals surface area contributed by atoms with Gasteiger partial charge in [-0.1, -0.05) is 19.1 Å². The first kappa shape index (κ1) is 15.5. The minimum absolute atomic E-state index is 0.0901. The van der Waals surface area contributed by atoms with Crippen molar-refractivity contribution in [1.29, 1.82) is 0 Å². The highest BCUT2D eigenvalue weighted by molar-refractivity contribution is 9.10. The first-order valence-electron chi connectivity index (χ1n) is 6.49. The maximum Gasteiger partial charge on any atom is 0.309 e. The lowest BCUT2D eigenvalue weighted by Gasteiger charge is -2.08. The fourth-order valence-electron chi connectivity index (χ4n) is 1.77. The number of carbonyl (C=O) groups is 3. The van der Waals surface area contributed by atoms with Crippen molar-refractivity contribution in [2.75, 3.05) is 6.61 Å². The van der Waals surface area contributed by atoms with Crippen molar-refractivity contribution in [2.45, 2.75) is 13.3 Å². The van der Waals surface area contributed by atoms with E-state index in [0.717, 1.165) is 6.42 Å². The quantitative estimate of drug-likeness (QED) is 0.632. The molecule has 0 radical (unpaired) electrons. The Morgan fingerprint density at radius 2 is 1.95 bits per heavy atom. The molecule has 1 saturated carbocycles. The summed E-state index contributed by atoms with van der Waals surface area (Å²) in [5, 5.41) is 0. The second-order valence-electron chi connectivity index (χ2n) is 4.91. The third-order valence-corrected chi connectivity index (χ3v) is 3.88. The molecule has 1 fully saturated rings. The second-order valence-corrected chi connectivity index (χ2v) is 5.76. The van der Waals surface area contributed by atoms with E-state index in [1.807, 2.05) is 6.92 Å². The zero-order chi connectivity index (χ0) is 15.4. The molecule has 0 aromatic heterocycles. The number of carbonyl (C=O) groups excluding carboxylic acids is 3. The Balaban J connectivity index is 1.72. The molecule has 7 heteroatoms. The summed E-state index contributed by atoms with van der Waals surface area (Å²) >= 11 is 3.24. The molecule has 112 valence electrons. The van der Waals surface area contributed by atoms with Crippen molar-refractivity contribution >= 4 is 33.7 Å². The summed E-state index contributed by atoms with van der Waals surface area (Å²) in [4.78, 5) is 34.7. The maximum absolute atomic E-state index is 11.8. The lowest BCUT2D eigenvalue weighted by atomic mass is 10.2. The van der Waals surface area contributed by atoms with Gasteiger partial charge in [-0.3, -0.25) is 25.2 Å². The summed E-state index contributed by atoms with van der Waals surface area (Å²) in [6, 6.07) is 6.81. The van der Waals surface area contributed by atoms with Crippen molar-refractivity contribution in [3.05, 3.63) is 34.3 Å². The van der Waals surface area contributed by atoms with Gasteiger partial charge < -0.3 is 4.74 Å². The van der Waals surface area contributed by atoms with Crippen molar-refractivity contribution < 1.29 is 19.1 Å². The molecule has 0 bridgehead atoms. The highest BCUT2D eigenvalue weighted by Crippen LogP contribution is 2.38. The van der Waals surface area contributed by atoms with Crippen LogP contribution < -0.4 is 10.9 Å². The van der Waals surface area contributed by atoms with E-state index < -0.39 is 18.4 Å². The fraction of sp³-hybridized carbons (Fsp3) is 0.357. The van der Waals surface area contributed by atoms with Gasteiger partial charge in [0.15, 0.2) is 6.61 Å². The number of halogens is 1. The maximum atomic E-state index is 11.8. The lowest BCUT2D eigenvalue weighted by molar-refractivity contribution is -0.150. The monoisotopic (exact) mass is 354 g/mol. The van der Waals surface area contributed by atoms with Gasteiger partial charge in [0, 0.05) is 4.47 Å². The number of nitrogens with one attached hydrogen (secondary N) is 2. The lowest BCUT2D eigenvalue weighted by Crippen LogP contribution is -2.43. The first-order valence-corrected chi connectivity index (χ1v) is 7.28. The van der Waals surface area contributed by atoms with Crippen LogP contribution in [0.4, 0.5) is 0 Å². The molecule has 1 aliphatic rings. The van der Waals surface area contributed by atoms with Crippen LogP contribution in [-0.4, -0.2) is 24.4 Å². The van der Waals surface area contributed by atoms with Gasteiger partial charge in [-0.15, -0.1) is 0 Å². The van der Waals surface area contributed by atoms with Gasteiger partial charge in [0.05, 0.1) is 11.5 Å². The summed E-state index contributed by atoms with van der Waals surface area (Å²) in [5.74, 6) is -1.17. The van der Waals surface area contributed by atoms with E-state index in [2.05, 4.69) is 26.8 Å². The molecule has 2 atom stereocenters. The molecule has 0 saturated heterocycles. The highest BCUT2D eigenvalue weighted by atomic mass is 79.9. The Labute approximate surface area is 130 Å². The molecule has 2 rings (SSSR count). The molecule has 0 spiro atoms. The molecule has 0 unspecified atom stereocenters. The second kappa shape index (κ2) is 6.71. The number of hydrazine groups is 1. The Hall–Kier alpha value is -1.89. The third-order valence-electron chi connectivity index (χ3n) is 3.19. The van der Waals surface area contributed by atoms with Crippen molar-refractivity contribution in [3.63, 3.8) is 0 Å². The van der Waals surface area contributed by atoms with Crippen LogP contribution in [0.5, 0.6) is 0 Å². The summed E-state index contributed by atoms with van der Waals surface area (Å²) in [5.41, 5.74) is 4.85. The minimum atomic E-state index is -0.586.